The third-order valence-electron chi connectivity index (χ3n) is 6.38. The van der Waals surface area contributed by atoms with Crippen LogP contribution in [-0.2, 0) is 24.1 Å². The van der Waals surface area contributed by atoms with Crippen LogP contribution in [0.3, 0.4) is 0 Å². The second kappa shape index (κ2) is 9.02. The van der Waals surface area contributed by atoms with Gasteiger partial charge in [-0.3, -0.25) is 9.48 Å². The Balaban J connectivity index is 1.41. The summed E-state index contributed by atoms with van der Waals surface area (Å²) < 4.78 is 45.5. The molecule has 3 heterocycles. The number of rotatable bonds is 6. The van der Waals surface area contributed by atoms with Crippen molar-refractivity contribution in [2.45, 2.75) is 58.8 Å². The Hall–Kier alpha value is -3.21. The van der Waals surface area contributed by atoms with E-state index in [0.717, 1.165) is 34.6 Å². The van der Waals surface area contributed by atoms with E-state index in [-0.39, 0.29) is 29.2 Å². The Morgan fingerprint density at radius 1 is 1.08 bits per heavy atom. The average Bonchev–Trinajstić information content (AvgIpc) is 3.57. The zero-order valence-corrected chi connectivity index (χ0v) is 21.5. The number of anilines is 1. The molecule has 1 saturated carbocycles. The van der Waals surface area contributed by atoms with Crippen LogP contribution in [-0.4, -0.2) is 30.5 Å². The molecule has 0 aliphatic heterocycles. The minimum absolute atomic E-state index is 0.0230. The predicted octanol–water partition coefficient (Wildman–Crippen LogP) is 5.90. The number of benzene rings is 1. The molecule has 0 radical (unpaired) electrons. The van der Waals surface area contributed by atoms with E-state index in [1.165, 1.54) is 11.6 Å². The molecule has 5 rings (SSSR count). The normalized spacial score (nSPS) is 14.0. The van der Waals surface area contributed by atoms with Crippen molar-refractivity contribution >= 4 is 38.6 Å². The Bertz CT molecular complexity index is 1470. The maximum absolute atomic E-state index is 13.8. The van der Waals surface area contributed by atoms with Gasteiger partial charge in [0.15, 0.2) is 5.65 Å². The number of halogens is 4. The van der Waals surface area contributed by atoms with Crippen LogP contribution in [0.25, 0.3) is 11.0 Å². The van der Waals surface area contributed by atoms with E-state index in [1.807, 2.05) is 31.2 Å². The highest BCUT2D eigenvalue weighted by Crippen LogP contribution is 2.43. The second-order valence-electron chi connectivity index (χ2n) is 9.19. The molecule has 0 unspecified atom stereocenters. The van der Waals surface area contributed by atoms with Gasteiger partial charge in [0.25, 0.3) is 0 Å². The highest BCUT2D eigenvalue weighted by Gasteiger charge is 2.37. The number of amides is 1. The summed E-state index contributed by atoms with van der Waals surface area (Å²) in [6.07, 6.45) is -2.91. The summed E-state index contributed by atoms with van der Waals surface area (Å²) >= 11 is 3.42. The zero-order chi connectivity index (χ0) is 25.8. The van der Waals surface area contributed by atoms with E-state index in [1.54, 1.807) is 11.6 Å². The number of nitrogens with one attached hydrogen (secondary N) is 1. The topological polar surface area (TPSA) is 77.6 Å². The van der Waals surface area contributed by atoms with Gasteiger partial charge < -0.3 is 5.32 Å². The van der Waals surface area contributed by atoms with Crippen molar-refractivity contribution in [2.75, 3.05) is 5.32 Å². The molecule has 0 saturated heterocycles. The van der Waals surface area contributed by atoms with Crippen LogP contribution in [0.2, 0.25) is 0 Å². The summed E-state index contributed by atoms with van der Waals surface area (Å²) in [6.45, 7) is 5.44. The molecule has 1 amide bonds. The lowest BCUT2D eigenvalue weighted by Crippen LogP contribution is -2.21. The first-order valence-electron chi connectivity index (χ1n) is 11.5. The SMILES string of the molecule is Cc1nn(Cc2ccc(Br)cc2)c(C)c1NC(=O)Cn1nc(C)c2c(C(F)(F)F)cc(C3CC3)nc21. The van der Waals surface area contributed by atoms with Crippen LogP contribution in [0.4, 0.5) is 18.9 Å². The van der Waals surface area contributed by atoms with E-state index in [0.29, 0.717) is 23.6 Å². The summed E-state index contributed by atoms with van der Waals surface area (Å²) in [5.41, 5.74) is 2.97. The van der Waals surface area contributed by atoms with Gasteiger partial charge in [0.1, 0.15) is 6.54 Å². The number of hydrogen-bond donors (Lipinski definition) is 1. The molecule has 1 aromatic carbocycles. The van der Waals surface area contributed by atoms with E-state index in [2.05, 4.69) is 36.4 Å². The Labute approximate surface area is 213 Å². The van der Waals surface area contributed by atoms with E-state index in [4.69, 9.17) is 0 Å². The van der Waals surface area contributed by atoms with Gasteiger partial charge in [0.2, 0.25) is 5.91 Å². The van der Waals surface area contributed by atoms with Crippen molar-refractivity contribution in [3.8, 4) is 0 Å². The first kappa shape index (κ1) is 24.5. The fourth-order valence-electron chi connectivity index (χ4n) is 4.40. The van der Waals surface area contributed by atoms with Gasteiger partial charge in [-0.15, -0.1) is 0 Å². The number of nitrogens with zero attached hydrogens (tertiary/aromatic N) is 5. The lowest BCUT2D eigenvalue weighted by atomic mass is 10.1. The molecule has 36 heavy (non-hydrogen) atoms. The van der Waals surface area contributed by atoms with Gasteiger partial charge in [0.05, 0.1) is 40.3 Å². The van der Waals surface area contributed by atoms with Gasteiger partial charge >= 0.3 is 6.18 Å². The van der Waals surface area contributed by atoms with Crippen molar-refractivity contribution < 1.29 is 18.0 Å². The summed E-state index contributed by atoms with van der Waals surface area (Å²) in [5, 5.41) is 11.6. The van der Waals surface area contributed by atoms with Crippen LogP contribution in [0.1, 0.15) is 52.7 Å². The largest absolute Gasteiger partial charge is 0.417 e. The maximum atomic E-state index is 13.8. The number of hydrogen-bond acceptors (Lipinski definition) is 4. The van der Waals surface area contributed by atoms with Crippen LogP contribution < -0.4 is 5.32 Å². The summed E-state index contributed by atoms with van der Waals surface area (Å²) in [6, 6.07) is 9.01. The number of aryl methyl sites for hydroxylation is 2. The standard InChI is InChI=1S/C25H24BrF3N6O/c1-13-22-19(25(27,28)29)10-20(17-6-7-17)30-24(22)35(32-13)12-21(36)31-23-14(2)33-34(15(23)3)11-16-4-8-18(26)9-5-16/h4-5,8-10,17H,6-7,11-12H2,1-3H3,(H,31,36). The summed E-state index contributed by atoms with van der Waals surface area (Å²) in [5.74, 6) is -0.393. The highest BCUT2D eigenvalue weighted by atomic mass is 79.9. The van der Waals surface area contributed by atoms with E-state index in [9.17, 15) is 18.0 Å². The van der Waals surface area contributed by atoms with Crippen LogP contribution in [0.15, 0.2) is 34.8 Å². The molecule has 1 N–H and O–H groups in total. The summed E-state index contributed by atoms with van der Waals surface area (Å²) in [7, 11) is 0. The molecule has 1 aliphatic carbocycles. The van der Waals surface area contributed by atoms with Crippen molar-refractivity contribution in [1.82, 2.24) is 24.5 Å². The lowest BCUT2D eigenvalue weighted by Gasteiger charge is -2.11. The zero-order valence-electron chi connectivity index (χ0n) is 19.9. The monoisotopic (exact) mass is 560 g/mol. The molecule has 1 fully saturated rings. The van der Waals surface area contributed by atoms with E-state index < -0.39 is 17.6 Å². The highest BCUT2D eigenvalue weighted by molar-refractivity contribution is 9.10. The number of fused-ring (bicyclic) bond motifs is 1. The van der Waals surface area contributed by atoms with Crippen LogP contribution in [0.5, 0.6) is 0 Å². The first-order chi connectivity index (χ1) is 17.0. The number of alkyl halides is 3. The van der Waals surface area contributed by atoms with Crippen molar-refractivity contribution in [2.24, 2.45) is 0 Å². The molecule has 7 nitrogen and oxygen atoms in total. The molecular formula is C25H24BrF3N6O. The predicted molar refractivity (Wildman–Crippen MR) is 133 cm³/mol. The molecule has 0 bridgehead atoms. The molecule has 11 heteroatoms. The molecule has 4 aromatic rings. The van der Waals surface area contributed by atoms with Crippen molar-refractivity contribution in [3.05, 3.63) is 68.7 Å². The van der Waals surface area contributed by atoms with Crippen LogP contribution >= 0.6 is 15.9 Å². The molecule has 188 valence electrons. The first-order valence-corrected chi connectivity index (χ1v) is 12.3. The van der Waals surface area contributed by atoms with Crippen LogP contribution in [0, 0.1) is 20.8 Å². The molecular weight excluding hydrogens is 537 g/mol. The fraction of sp³-hybridized carbons (Fsp3) is 0.360. The Kier molecular flexibility index (Phi) is 6.14. The number of aromatic nitrogens is 5. The van der Waals surface area contributed by atoms with Gasteiger partial charge in [0, 0.05) is 16.1 Å². The maximum Gasteiger partial charge on any atom is 0.417 e. The van der Waals surface area contributed by atoms with E-state index >= 15 is 0 Å². The van der Waals surface area contributed by atoms with Gasteiger partial charge in [-0.25, -0.2) is 9.67 Å². The minimum atomic E-state index is -4.54. The Morgan fingerprint density at radius 3 is 2.39 bits per heavy atom. The molecule has 3 aromatic heterocycles. The smallest absolute Gasteiger partial charge is 0.321 e. The molecule has 1 aliphatic rings. The van der Waals surface area contributed by atoms with Crippen molar-refractivity contribution in [1.29, 1.82) is 0 Å². The second-order valence-corrected chi connectivity index (χ2v) is 10.1. The molecule has 0 atom stereocenters. The van der Waals surface area contributed by atoms with Crippen molar-refractivity contribution in [3.63, 3.8) is 0 Å². The third-order valence-corrected chi connectivity index (χ3v) is 6.91. The molecule has 0 spiro atoms. The number of carbonyl (C=O) groups excluding carboxylic acids is 1. The van der Waals surface area contributed by atoms with Gasteiger partial charge in [-0.05, 0) is 57.4 Å². The lowest BCUT2D eigenvalue weighted by molar-refractivity contribution is -0.136. The third kappa shape index (κ3) is 4.76. The minimum Gasteiger partial charge on any atom is -0.321 e. The van der Waals surface area contributed by atoms with Gasteiger partial charge in [-0.1, -0.05) is 28.1 Å². The fourth-order valence-corrected chi connectivity index (χ4v) is 4.67. The number of carbonyl (C=O) groups is 1. The summed E-state index contributed by atoms with van der Waals surface area (Å²) in [4.78, 5) is 17.5. The average molecular weight is 561 g/mol. The quantitative estimate of drug-likeness (QED) is 0.318. The number of pyridine rings is 1. The Morgan fingerprint density at radius 2 is 1.75 bits per heavy atom. The van der Waals surface area contributed by atoms with Gasteiger partial charge in [-0.2, -0.15) is 23.4 Å².